The van der Waals surface area contributed by atoms with Gasteiger partial charge in [-0.25, -0.2) is 0 Å². The highest BCUT2D eigenvalue weighted by atomic mass is 35.5. The highest BCUT2D eigenvalue weighted by Crippen LogP contribution is 2.26. The van der Waals surface area contributed by atoms with E-state index in [0.717, 1.165) is 0 Å². The number of rotatable bonds is 3. The summed E-state index contributed by atoms with van der Waals surface area (Å²) in [5.74, 6) is 0. The molecule has 0 aliphatic rings. The third-order valence-electron chi connectivity index (χ3n) is 2.30. The molecule has 0 N–H and O–H groups in total. The van der Waals surface area contributed by atoms with Gasteiger partial charge in [-0.1, -0.05) is 17.7 Å². The SMILES string of the molecule is O=[N+]([O-])c1cccc(Cl)c1Cn1cccc1. The van der Waals surface area contributed by atoms with Crippen molar-refractivity contribution >= 4 is 17.3 Å². The van der Waals surface area contributed by atoms with E-state index in [4.69, 9.17) is 11.6 Å². The monoisotopic (exact) mass is 236 g/mol. The van der Waals surface area contributed by atoms with E-state index < -0.39 is 4.92 Å². The molecule has 1 aromatic heterocycles. The smallest absolute Gasteiger partial charge is 0.275 e. The summed E-state index contributed by atoms with van der Waals surface area (Å²) in [6.45, 7) is 0.406. The average molecular weight is 237 g/mol. The van der Waals surface area contributed by atoms with E-state index in [9.17, 15) is 10.1 Å². The fourth-order valence-electron chi connectivity index (χ4n) is 1.53. The zero-order chi connectivity index (χ0) is 11.5. The highest BCUT2D eigenvalue weighted by Gasteiger charge is 2.16. The fourth-order valence-corrected chi connectivity index (χ4v) is 1.76. The molecule has 1 heterocycles. The molecule has 1 aromatic carbocycles. The number of benzene rings is 1. The van der Waals surface area contributed by atoms with Gasteiger partial charge in [0.2, 0.25) is 0 Å². The molecular formula is C11H9ClN2O2. The Kier molecular flexibility index (Phi) is 2.92. The van der Waals surface area contributed by atoms with Crippen LogP contribution in [0.3, 0.4) is 0 Å². The molecule has 0 fully saturated rings. The molecule has 0 saturated heterocycles. The predicted molar refractivity (Wildman–Crippen MR) is 61.6 cm³/mol. The number of hydrogen-bond donors (Lipinski definition) is 0. The van der Waals surface area contributed by atoms with Gasteiger partial charge in [0.25, 0.3) is 5.69 Å². The van der Waals surface area contributed by atoms with Gasteiger partial charge >= 0.3 is 0 Å². The molecule has 16 heavy (non-hydrogen) atoms. The van der Waals surface area contributed by atoms with Crippen molar-refractivity contribution in [1.82, 2.24) is 4.57 Å². The van der Waals surface area contributed by atoms with Gasteiger partial charge in [-0.05, 0) is 18.2 Å². The van der Waals surface area contributed by atoms with Crippen molar-refractivity contribution in [2.75, 3.05) is 0 Å². The maximum absolute atomic E-state index is 10.8. The van der Waals surface area contributed by atoms with Crippen LogP contribution < -0.4 is 0 Å². The second kappa shape index (κ2) is 4.37. The van der Waals surface area contributed by atoms with E-state index in [-0.39, 0.29) is 5.69 Å². The number of nitro benzene ring substituents is 1. The minimum absolute atomic E-state index is 0.0567. The van der Waals surface area contributed by atoms with Crippen molar-refractivity contribution < 1.29 is 4.92 Å². The predicted octanol–water partition coefficient (Wildman–Crippen LogP) is 3.10. The minimum Gasteiger partial charge on any atom is -0.350 e. The lowest BCUT2D eigenvalue weighted by atomic mass is 10.2. The van der Waals surface area contributed by atoms with Crippen LogP contribution in [-0.2, 0) is 6.54 Å². The molecule has 0 saturated carbocycles. The Labute approximate surface area is 97.2 Å². The van der Waals surface area contributed by atoms with Crippen LogP contribution in [0.1, 0.15) is 5.56 Å². The Morgan fingerprint density at radius 3 is 2.56 bits per heavy atom. The largest absolute Gasteiger partial charge is 0.350 e. The van der Waals surface area contributed by atoms with Crippen molar-refractivity contribution in [2.45, 2.75) is 6.54 Å². The Morgan fingerprint density at radius 2 is 1.94 bits per heavy atom. The van der Waals surface area contributed by atoms with Crippen LogP contribution in [0.15, 0.2) is 42.7 Å². The van der Waals surface area contributed by atoms with Gasteiger partial charge < -0.3 is 4.57 Å². The molecule has 0 amide bonds. The van der Waals surface area contributed by atoms with Gasteiger partial charge in [0, 0.05) is 18.5 Å². The van der Waals surface area contributed by atoms with Gasteiger partial charge in [0.15, 0.2) is 0 Å². The van der Waals surface area contributed by atoms with Crippen molar-refractivity contribution in [1.29, 1.82) is 0 Å². The van der Waals surface area contributed by atoms with E-state index in [1.165, 1.54) is 6.07 Å². The van der Waals surface area contributed by atoms with Crippen LogP contribution in [0.2, 0.25) is 5.02 Å². The number of halogens is 1. The van der Waals surface area contributed by atoms with E-state index in [1.54, 1.807) is 12.1 Å². The fraction of sp³-hybridized carbons (Fsp3) is 0.0909. The minimum atomic E-state index is -0.412. The topological polar surface area (TPSA) is 48.1 Å². The van der Waals surface area contributed by atoms with Gasteiger partial charge in [-0.3, -0.25) is 10.1 Å². The molecule has 0 radical (unpaired) electrons. The maximum atomic E-state index is 10.8. The van der Waals surface area contributed by atoms with Crippen LogP contribution >= 0.6 is 11.6 Å². The van der Waals surface area contributed by atoms with Gasteiger partial charge in [0.1, 0.15) is 0 Å². The zero-order valence-electron chi connectivity index (χ0n) is 8.34. The second-order valence-corrected chi connectivity index (χ2v) is 3.76. The zero-order valence-corrected chi connectivity index (χ0v) is 9.09. The number of nitro groups is 1. The summed E-state index contributed by atoms with van der Waals surface area (Å²) >= 11 is 5.97. The van der Waals surface area contributed by atoms with Gasteiger partial charge in [0.05, 0.1) is 22.1 Å². The Hall–Kier alpha value is -1.81. The summed E-state index contributed by atoms with van der Waals surface area (Å²) in [5, 5.41) is 11.3. The van der Waals surface area contributed by atoms with E-state index >= 15 is 0 Å². The van der Waals surface area contributed by atoms with Crippen molar-refractivity contribution in [3.8, 4) is 0 Å². The molecule has 2 aromatic rings. The molecule has 0 spiro atoms. The van der Waals surface area contributed by atoms with Crippen LogP contribution in [0.5, 0.6) is 0 Å². The number of hydrogen-bond acceptors (Lipinski definition) is 2. The summed E-state index contributed by atoms with van der Waals surface area (Å²) in [7, 11) is 0. The summed E-state index contributed by atoms with van der Waals surface area (Å²) < 4.78 is 1.84. The lowest BCUT2D eigenvalue weighted by molar-refractivity contribution is -0.385. The molecule has 0 aliphatic heterocycles. The summed E-state index contributed by atoms with van der Waals surface area (Å²) in [6, 6.07) is 8.43. The lowest BCUT2D eigenvalue weighted by Gasteiger charge is -2.06. The summed E-state index contributed by atoms with van der Waals surface area (Å²) in [4.78, 5) is 10.4. The Morgan fingerprint density at radius 1 is 1.25 bits per heavy atom. The third kappa shape index (κ3) is 2.06. The summed E-state index contributed by atoms with van der Waals surface area (Å²) in [6.07, 6.45) is 3.68. The van der Waals surface area contributed by atoms with Crippen molar-refractivity contribution in [3.63, 3.8) is 0 Å². The first kappa shape index (κ1) is 10.7. The highest BCUT2D eigenvalue weighted by molar-refractivity contribution is 6.31. The Balaban J connectivity index is 2.42. The molecule has 82 valence electrons. The van der Waals surface area contributed by atoms with Crippen molar-refractivity contribution in [2.24, 2.45) is 0 Å². The van der Waals surface area contributed by atoms with E-state index in [0.29, 0.717) is 17.1 Å². The molecule has 5 heteroatoms. The van der Waals surface area contributed by atoms with Crippen molar-refractivity contribution in [3.05, 3.63) is 63.4 Å². The molecule has 4 nitrogen and oxygen atoms in total. The number of nitrogens with zero attached hydrogens (tertiary/aromatic N) is 2. The quantitative estimate of drug-likeness (QED) is 0.607. The first-order chi connectivity index (χ1) is 7.68. The second-order valence-electron chi connectivity index (χ2n) is 3.35. The standard InChI is InChI=1S/C11H9ClN2O2/c12-10-4-3-5-11(14(15)16)9(10)8-13-6-1-2-7-13/h1-7H,8H2. The van der Waals surface area contributed by atoms with Crippen LogP contribution in [0.25, 0.3) is 0 Å². The van der Waals surface area contributed by atoms with Crippen LogP contribution in [0, 0.1) is 10.1 Å². The molecule has 0 unspecified atom stereocenters. The average Bonchev–Trinajstić information content (AvgIpc) is 2.73. The van der Waals surface area contributed by atoms with E-state index in [1.807, 2.05) is 29.1 Å². The first-order valence-electron chi connectivity index (χ1n) is 4.71. The van der Waals surface area contributed by atoms with Crippen LogP contribution in [-0.4, -0.2) is 9.49 Å². The first-order valence-corrected chi connectivity index (χ1v) is 5.09. The molecule has 0 aliphatic carbocycles. The van der Waals surface area contributed by atoms with E-state index in [2.05, 4.69) is 0 Å². The third-order valence-corrected chi connectivity index (χ3v) is 2.65. The van der Waals surface area contributed by atoms with Gasteiger partial charge in [-0.15, -0.1) is 0 Å². The number of aromatic nitrogens is 1. The molecule has 2 rings (SSSR count). The summed E-state index contributed by atoms with van der Waals surface area (Å²) in [5.41, 5.74) is 0.589. The normalized spacial score (nSPS) is 10.3. The van der Waals surface area contributed by atoms with Crippen LogP contribution in [0.4, 0.5) is 5.69 Å². The molecular weight excluding hydrogens is 228 g/mol. The Bertz CT molecular complexity index is 509. The molecule has 0 bridgehead atoms. The van der Waals surface area contributed by atoms with Gasteiger partial charge in [-0.2, -0.15) is 0 Å². The molecule has 0 atom stereocenters. The lowest BCUT2D eigenvalue weighted by Crippen LogP contribution is -2.01. The maximum Gasteiger partial charge on any atom is 0.275 e.